The summed E-state index contributed by atoms with van der Waals surface area (Å²) in [5.74, 6) is 0.888. The van der Waals surface area contributed by atoms with Gasteiger partial charge >= 0.3 is 0 Å². The van der Waals surface area contributed by atoms with Crippen molar-refractivity contribution in [1.82, 2.24) is 10.0 Å². The molecule has 0 aromatic rings. The van der Waals surface area contributed by atoms with Crippen LogP contribution in [0.1, 0.15) is 46.0 Å². The minimum absolute atomic E-state index is 0.167. The first-order valence-corrected chi connectivity index (χ1v) is 8.43. The first-order valence-electron chi connectivity index (χ1n) is 6.78. The molecule has 0 aromatic carbocycles. The highest BCUT2D eigenvalue weighted by molar-refractivity contribution is 7.89. The standard InChI is InChI=1S/C12H26N2O2S/c1-3-11-6-5-7-12(10-11)14-17(15,16)9-8-13-4-2/h11-14H,3-10H2,1-2H3. The van der Waals surface area contributed by atoms with Crippen LogP contribution in [0.2, 0.25) is 0 Å². The average molecular weight is 262 g/mol. The molecule has 1 saturated carbocycles. The van der Waals surface area contributed by atoms with Gasteiger partial charge in [0.1, 0.15) is 0 Å². The van der Waals surface area contributed by atoms with Crippen LogP contribution in [-0.2, 0) is 10.0 Å². The van der Waals surface area contributed by atoms with Crippen molar-refractivity contribution in [2.75, 3.05) is 18.8 Å². The fourth-order valence-electron chi connectivity index (χ4n) is 2.46. The molecule has 0 aromatic heterocycles. The molecule has 1 rings (SSSR count). The normalized spacial score (nSPS) is 26.0. The fourth-order valence-corrected chi connectivity index (χ4v) is 3.72. The second-order valence-electron chi connectivity index (χ2n) is 4.93. The summed E-state index contributed by atoms with van der Waals surface area (Å²) >= 11 is 0. The summed E-state index contributed by atoms with van der Waals surface area (Å²) in [7, 11) is -3.10. The molecule has 2 N–H and O–H groups in total. The zero-order chi connectivity index (χ0) is 12.7. The first-order chi connectivity index (χ1) is 8.07. The van der Waals surface area contributed by atoms with E-state index in [2.05, 4.69) is 17.0 Å². The fraction of sp³-hybridized carbons (Fsp3) is 1.00. The second kappa shape index (κ2) is 7.34. The summed E-state index contributed by atoms with van der Waals surface area (Å²) in [6.45, 7) is 5.52. The van der Waals surface area contributed by atoms with Crippen LogP contribution in [0.25, 0.3) is 0 Å². The van der Waals surface area contributed by atoms with Gasteiger partial charge in [0.25, 0.3) is 0 Å². The zero-order valence-electron chi connectivity index (χ0n) is 11.0. The third kappa shape index (κ3) is 5.84. The maximum absolute atomic E-state index is 11.8. The van der Waals surface area contributed by atoms with E-state index >= 15 is 0 Å². The summed E-state index contributed by atoms with van der Waals surface area (Å²) in [6, 6.07) is 0.167. The van der Waals surface area contributed by atoms with Gasteiger partial charge in [-0.05, 0) is 25.3 Å². The zero-order valence-corrected chi connectivity index (χ0v) is 11.9. The highest BCUT2D eigenvalue weighted by Crippen LogP contribution is 2.26. The Balaban J connectivity index is 2.36. The van der Waals surface area contributed by atoms with Gasteiger partial charge in [0.2, 0.25) is 10.0 Å². The molecule has 1 fully saturated rings. The molecule has 102 valence electrons. The molecule has 0 bridgehead atoms. The molecule has 0 amide bonds. The largest absolute Gasteiger partial charge is 0.316 e. The highest BCUT2D eigenvalue weighted by atomic mass is 32.2. The average Bonchev–Trinajstić information content (AvgIpc) is 2.29. The summed E-state index contributed by atoms with van der Waals surface area (Å²) in [6.07, 6.45) is 5.58. The Morgan fingerprint density at radius 3 is 2.65 bits per heavy atom. The Bertz CT molecular complexity index is 304. The van der Waals surface area contributed by atoms with Crippen molar-refractivity contribution in [3.05, 3.63) is 0 Å². The van der Waals surface area contributed by atoms with Crippen LogP contribution in [0.15, 0.2) is 0 Å². The molecule has 0 saturated heterocycles. The topological polar surface area (TPSA) is 58.2 Å². The van der Waals surface area contributed by atoms with Crippen molar-refractivity contribution in [3.8, 4) is 0 Å². The Kier molecular flexibility index (Phi) is 6.44. The van der Waals surface area contributed by atoms with Gasteiger partial charge < -0.3 is 5.32 Å². The quantitative estimate of drug-likeness (QED) is 0.683. The van der Waals surface area contributed by atoms with Crippen LogP contribution in [0, 0.1) is 5.92 Å². The third-order valence-corrected chi connectivity index (χ3v) is 4.94. The molecular formula is C12H26N2O2S. The van der Waals surface area contributed by atoms with Gasteiger partial charge in [0, 0.05) is 12.6 Å². The SMILES string of the molecule is CCNCCS(=O)(=O)NC1CCCC(CC)C1. The minimum atomic E-state index is -3.10. The lowest BCUT2D eigenvalue weighted by Crippen LogP contribution is -2.41. The molecule has 4 nitrogen and oxygen atoms in total. The molecule has 1 aliphatic carbocycles. The van der Waals surface area contributed by atoms with E-state index < -0.39 is 10.0 Å². The molecule has 5 heteroatoms. The predicted molar refractivity (Wildman–Crippen MR) is 71.5 cm³/mol. The third-order valence-electron chi connectivity index (χ3n) is 3.50. The van der Waals surface area contributed by atoms with Crippen molar-refractivity contribution in [1.29, 1.82) is 0 Å². The maximum atomic E-state index is 11.8. The van der Waals surface area contributed by atoms with E-state index in [0.717, 1.165) is 32.2 Å². The van der Waals surface area contributed by atoms with Gasteiger partial charge in [-0.2, -0.15) is 0 Å². The van der Waals surface area contributed by atoms with Crippen molar-refractivity contribution < 1.29 is 8.42 Å². The van der Waals surface area contributed by atoms with Gasteiger partial charge in [-0.25, -0.2) is 13.1 Å². The smallest absolute Gasteiger partial charge is 0.213 e. The van der Waals surface area contributed by atoms with Crippen LogP contribution in [0.5, 0.6) is 0 Å². The number of sulfonamides is 1. The molecule has 2 unspecified atom stereocenters. The van der Waals surface area contributed by atoms with Crippen LogP contribution < -0.4 is 10.0 Å². The van der Waals surface area contributed by atoms with Crippen molar-refractivity contribution in [3.63, 3.8) is 0 Å². The molecule has 0 radical (unpaired) electrons. The number of hydrogen-bond acceptors (Lipinski definition) is 3. The van der Waals surface area contributed by atoms with Gasteiger partial charge in [0.15, 0.2) is 0 Å². The predicted octanol–water partition coefficient (Wildman–Crippen LogP) is 1.48. The minimum Gasteiger partial charge on any atom is -0.316 e. The van der Waals surface area contributed by atoms with Gasteiger partial charge in [-0.3, -0.25) is 0 Å². The second-order valence-corrected chi connectivity index (χ2v) is 6.80. The van der Waals surface area contributed by atoms with E-state index in [9.17, 15) is 8.42 Å². The summed E-state index contributed by atoms with van der Waals surface area (Å²) in [4.78, 5) is 0. The lowest BCUT2D eigenvalue weighted by atomic mass is 9.85. The first kappa shape index (κ1) is 14.9. The summed E-state index contributed by atoms with van der Waals surface area (Å²) in [5, 5.41) is 3.04. The Hall–Kier alpha value is -0.130. The van der Waals surface area contributed by atoms with E-state index in [-0.39, 0.29) is 11.8 Å². The monoisotopic (exact) mass is 262 g/mol. The number of rotatable bonds is 7. The molecule has 2 atom stereocenters. The molecule has 0 aliphatic heterocycles. The Labute approximate surface area is 106 Å². The van der Waals surface area contributed by atoms with E-state index in [0.29, 0.717) is 12.5 Å². The molecule has 0 spiro atoms. The van der Waals surface area contributed by atoms with E-state index in [1.165, 1.54) is 6.42 Å². The van der Waals surface area contributed by atoms with Crippen LogP contribution in [-0.4, -0.2) is 33.3 Å². The van der Waals surface area contributed by atoms with E-state index in [4.69, 9.17) is 0 Å². The molecule has 1 aliphatic rings. The van der Waals surface area contributed by atoms with Crippen molar-refractivity contribution >= 4 is 10.0 Å². The lowest BCUT2D eigenvalue weighted by molar-refractivity contribution is 0.301. The number of nitrogens with one attached hydrogen (secondary N) is 2. The van der Waals surface area contributed by atoms with Crippen LogP contribution in [0.3, 0.4) is 0 Å². The lowest BCUT2D eigenvalue weighted by Gasteiger charge is -2.28. The van der Waals surface area contributed by atoms with Gasteiger partial charge in [-0.1, -0.05) is 33.1 Å². The van der Waals surface area contributed by atoms with Crippen LogP contribution in [0.4, 0.5) is 0 Å². The van der Waals surface area contributed by atoms with Crippen LogP contribution >= 0.6 is 0 Å². The van der Waals surface area contributed by atoms with Crippen molar-refractivity contribution in [2.24, 2.45) is 5.92 Å². The molecular weight excluding hydrogens is 236 g/mol. The van der Waals surface area contributed by atoms with Gasteiger partial charge in [-0.15, -0.1) is 0 Å². The Morgan fingerprint density at radius 1 is 1.24 bits per heavy atom. The summed E-state index contributed by atoms with van der Waals surface area (Å²) in [5.41, 5.74) is 0. The van der Waals surface area contributed by atoms with Crippen molar-refractivity contribution in [2.45, 2.75) is 52.0 Å². The number of hydrogen-bond donors (Lipinski definition) is 2. The molecule has 17 heavy (non-hydrogen) atoms. The van der Waals surface area contributed by atoms with Gasteiger partial charge in [0.05, 0.1) is 5.75 Å². The Morgan fingerprint density at radius 2 is 2.00 bits per heavy atom. The molecule has 0 heterocycles. The maximum Gasteiger partial charge on any atom is 0.213 e. The highest BCUT2D eigenvalue weighted by Gasteiger charge is 2.24. The summed E-state index contributed by atoms with van der Waals surface area (Å²) < 4.78 is 26.5. The van der Waals surface area contributed by atoms with E-state index in [1.54, 1.807) is 0 Å². The van der Waals surface area contributed by atoms with E-state index in [1.807, 2.05) is 6.92 Å².